The van der Waals surface area contributed by atoms with Gasteiger partial charge in [-0.1, -0.05) is 34.1 Å². The molecule has 0 unspecified atom stereocenters. The normalized spacial score (nSPS) is 11.8. The molecule has 0 amide bonds. The number of aromatic hydroxyl groups is 1. The number of phenolic OH excluding ortho intramolecular Hbond substituents is 1. The Kier molecular flexibility index (Phi) is 3.38. The van der Waals surface area contributed by atoms with Crippen LogP contribution < -0.4 is 0 Å². The first-order valence-electron chi connectivity index (χ1n) is 5.38. The first kappa shape index (κ1) is 12.0. The molecule has 1 nitrogen and oxygen atoms in total. The standard InChI is InChI=1S/C13H19FO/c1-5-6-9-7-12(15)10(8-11(9)14)13(2,3)4/h7-8,15H,5-6H2,1-4H3. The quantitative estimate of drug-likeness (QED) is 0.787. The summed E-state index contributed by atoms with van der Waals surface area (Å²) in [6.07, 6.45) is 1.55. The van der Waals surface area contributed by atoms with Crippen LogP contribution in [0.1, 0.15) is 45.2 Å². The summed E-state index contributed by atoms with van der Waals surface area (Å²) in [5, 5.41) is 9.81. The van der Waals surface area contributed by atoms with E-state index in [2.05, 4.69) is 0 Å². The van der Waals surface area contributed by atoms with E-state index in [4.69, 9.17) is 0 Å². The fourth-order valence-electron chi connectivity index (χ4n) is 1.67. The molecule has 0 saturated carbocycles. The zero-order valence-electron chi connectivity index (χ0n) is 9.89. The minimum Gasteiger partial charge on any atom is -0.508 e. The van der Waals surface area contributed by atoms with Crippen molar-refractivity contribution in [2.24, 2.45) is 0 Å². The first-order chi connectivity index (χ1) is 6.86. The fraction of sp³-hybridized carbons (Fsp3) is 0.538. The van der Waals surface area contributed by atoms with Crippen LogP contribution in [0, 0.1) is 5.82 Å². The van der Waals surface area contributed by atoms with E-state index in [0.29, 0.717) is 17.5 Å². The third-order valence-corrected chi connectivity index (χ3v) is 2.49. The van der Waals surface area contributed by atoms with Crippen LogP contribution in [0.2, 0.25) is 0 Å². The first-order valence-corrected chi connectivity index (χ1v) is 5.38. The highest BCUT2D eigenvalue weighted by Gasteiger charge is 2.20. The third-order valence-electron chi connectivity index (χ3n) is 2.49. The second-order valence-corrected chi connectivity index (χ2v) is 4.96. The van der Waals surface area contributed by atoms with Gasteiger partial charge in [-0.05, 0) is 29.5 Å². The molecule has 0 radical (unpaired) electrons. The van der Waals surface area contributed by atoms with Crippen LogP contribution in [-0.2, 0) is 11.8 Å². The second-order valence-electron chi connectivity index (χ2n) is 4.96. The van der Waals surface area contributed by atoms with E-state index in [1.807, 2.05) is 27.7 Å². The monoisotopic (exact) mass is 210 g/mol. The highest BCUT2D eigenvalue weighted by Crippen LogP contribution is 2.32. The molecule has 0 saturated heterocycles. The molecule has 0 atom stereocenters. The van der Waals surface area contributed by atoms with Crippen LogP contribution in [0.25, 0.3) is 0 Å². The Morgan fingerprint density at radius 3 is 2.33 bits per heavy atom. The van der Waals surface area contributed by atoms with Crippen molar-refractivity contribution in [1.82, 2.24) is 0 Å². The van der Waals surface area contributed by atoms with Crippen molar-refractivity contribution in [3.8, 4) is 5.75 Å². The highest BCUT2D eigenvalue weighted by molar-refractivity contribution is 5.41. The van der Waals surface area contributed by atoms with Gasteiger partial charge < -0.3 is 5.11 Å². The molecule has 15 heavy (non-hydrogen) atoms. The molecule has 1 N–H and O–H groups in total. The van der Waals surface area contributed by atoms with Crippen LogP contribution in [0.5, 0.6) is 5.75 Å². The lowest BCUT2D eigenvalue weighted by Gasteiger charge is -2.21. The van der Waals surface area contributed by atoms with E-state index in [9.17, 15) is 9.50 Å². The molecule has 0 bridgehead atoms. The molecule has 0 heterocycles. The van der Waals surface area contributed by atoms with Gasteiger partial charge in [0.25, 0.3) is 0 Å². The SMILES string of the molecule is CCCc1cc(O)c(C(C)(C)C)cc1F. The van der Waals surface area contributed by atoms with Gasteiger partial charge in [0.15, 0.2) is 0 Å². The van der Waals surface area contributed by atoms with Gasteiger partial charge in [0, 0.05) is 5.56 Å². The Morgan fingerprint density at radius 1 is 1.27 bits per heavy atom. The number of halogens is 1. The summed E-state index contributed by atoms with van der Waals surface area (Å²) >= 11 is 0. The lowest BCUT2D eigenvalue weighted by atomic mass is 9.85. The van der Waals surface area contributed by atoms with E-state index in [0.717, 1.165) is 6.42 Å². The number of benzene rings is 1. The van der Waals surface area contributed by atoms with Crippen LogP contribution in [0.3, 0.4) is 0 Å². The van der Waals surface area contributed by atoms with Gasteiger partial charge in [-0.25, -0.2) is 4.39 Å². The van der Waals surface area contributed by atoms with Crippen molar-refractivity contribution in [2.45, 2.75) is 46.0 Å². The van der Waals surface area contributed by atoms with Gasteiger partial charge in [0.1, 0.15) is 11.6 Å². The maximum atomic E-state index is 13.6. The van der Waals surface area contributed by atoms with Gasteiger partial charge in [0.2, 0.25) is 0 Å². The Morgan fingerprint density at radius 2 is 1.87 bits per heavy atom. The van der Waals surface area contributed by atoms with Crippen molar-refractivity contribution in [3.63, 3.8) is 0 Å². The smallest absolute Gasteiger partial charge is 0.126 e. The summed E-state index contributed by atoms with van der Waals surface area (Å²) in [5.41, 5.74) is 1.04. The molecule has 1 aromatic rings. The number of aryl methyl sites for hydroxylation is 1. The highest BCUT2D eigenvalue weighted by atomic mass is 19.1. The summed E-state index contributed by atoms with van der Waals surface area (Å²) in [6, 6.07) is 3.01. The van der Waals surface area contributed by atoms with Gasteiger partial charge in [0.05, 0.1) is 0 Å². The maximum absolute atomic E-state index is 13.6. The second kappa shape index (κ2) is 4.21. The summed E-state index contributed by atoms with van der Waals surface area (Å²) in [7, 11) is 0. The van der Waals surface area contributed by atoms with E-state index < -0.39 is 0 Å². The minimum atomic E-state index is -0.227. The molecule has 1 aromatic carbocycles. The van der Waals surface area contributed by atoms with Crippen molar-refractivity contribution < 1.29 is 9.50 Å². The predicted molar refractivity (Wildman–Crippen MR) is 60.8 cm³/mol. The molecule has 0 spiro atoms. The zero-order chi connectivity index (χ0) is 11.6. The van der Waals surface area contributed by atoms with Gasteiger partial charge >= 0.3 is 0 Å². The van der Waals surface area contributed by atoms with E-state index in [1.165, 1.54) is 6.07 Å². The largest absolute Gasteiger partial charge is 0.508 e. The van der Waals surface area contributed by atoms with Crippen molar-refractivity contribution in [1.29, 1.82) is 0 Å². The Labute approximate surface area is 90.9 Å². The molecule has 1 rings (SSSR count). The molecule has 0 aliphatic rings. The van der Waals surface area contributed by atoms with Crippen LogP contribution in [-0.4, -0.2) is 5.11 Å². The van der Waals surface area contributed by atoms with Gasteiger partial charge in [-0.3, -0.25) is 0 Å². The molecule has 0 aromatic heterocycles. The van der Waals surface area contributed by atoms with Crippen molar-refractivity contribution in [3.05, 3.63) is 29.1 Å². The molecule has 84 valence electrons. The number of phenols is 1. The number of rotatable bonds is 2. The van der Waals surface area contributed by atoms with E-state index >= 15 is 0 Å². The maximum Gasteiger partial charge on any atom is 0.126 e. The average Bonchev–Trinajstić information content (AvgIpc) is 2.09. The van der Waals surface area contributed by atoms with Crippen molar-refractivity contribution in [2.75, 3.05) is 0 Å². The number of hydrogen-bond acceptors (Lipinski definition) is 1. The fourth-order valence-corrected chi connectivity index (χ4v) is 1.67. The molecule has 0 aliphatic heterocycles. The lowest BCUT2D eigenvalue weighted by Crippen LogP contribution is -2.12. The lowest BCUT2D eigenvalue weighted by molar-refractivity contribution is 0.441. The summed E-state index contributed by atoms with van der Waals surface area (Å²) in [5.74, 6) is -0.00748. The molecular formula is C13H19FO. The predicted octanol–water partition coefficient (Wildman–Crippen LogP) is 3.78. The zero-order valence-corrected chi connectivity index (χ0v) is 9.89. The topological polar surface area (TPSA) is 20.2 Å². The Balaban J connectivity index is 3.20. The summed E-state index contributed by atoms with van der Waals surface area (Å²) < 4.78 is 13.6. The average molecular weight is 210 g/mol. The Bertz CT molecular complexity index is 350. The van der Waals surface area contributed by atoms with Crippen LogP contribution in [0.4, 0.5) is 4.39 Å². The molecule has 0 aliphatic carbocycles. The Hall–Kier alpha value is -1.05. The minimum absolute atomic E-state index is 0.201. The van der Waals surface area contributed by atoms with Gasteiger partial charge in [-0.15, -0.1) is 0 Å². The van der Waals surface area contributed by atoms with E-state index in [-0.39, 0.29) is 17.0 Å². The van der Waals surface area contributed by atoms with Crippen LogP contribution in [0.15, 0.2) is 12.1 Å². The summed E-state index contributed by atoms with van der Waals surface area (Å²) in [4.78, 5) is 0. The van der Waals surface area contributed by atoms with E-state index in [1.54, 1.807) is 6.07 Å². The molecular weight excluding hydrogens is 191 g/mol. The van der Waals surface area contributed by atoms with Crippen molar-refractivity contribution >= 4 is 0 Å². The van der Waals surface area contributed by atoms with Gasteiger partial charge in [-0.2, -0.15) is 0 Å². The molecule has 0 fully saturated rings. The molecule has 2 heteroatoms. The van der Waals surface area contributed by atoms with Crippen LogP contribution >= 0.6 is 0 Å². The number of hydrogen-bond donors (Lipinski definition) is 1. The third kappa shape index (κ3) is 2.71. The summed E-state index contributed by atoms with van der Waals surface area (Å²) in [6.45, 7) is 7.87.